The van der Waals surface area contributed by atoms with Gasteiger partial charge in [-0.05, 0) is 41.3 Å². The van der Waals surface area contributed by atoms with Gasteiger partial charge in [0.05, 0.1) is 10.9 Å². The number of nitrogens with one attached hydrogen (secondary N) is 2. The first-order chi connectivity index (χ1) is 15.9. The monoisotopic (exact) mass is 449 g/mol. The van der Waals surface area contributed by atoms with Crippen molar-refractivity contribution in [3.8, 4) is 0 Å². The van der Waals surface area contributed by atoms with Crippen LogP contribution in [0.1, 0.15) is 27.3 Å². The molecule has 0 spiro atoms. The molecule has 0 fully saturated rings. The van der Waals surface area contributed by atoms with E-state index in [1.807, 2.05) is 18.2 Å². The van der Waals surface area contributed by atoms with Crippen molar-refractivity contribution in [2.24, 2.45) is 5.73 Å². The van der Waals surface area contributed by atoms with E-state index in [-0.39, 0.29) is 35.3 Å². The van der Waals surface area contributed by atoms with Crippen LogP contribution >= 0.6 is 0 Å². The molecule has 0 radical (unpaired) electrons. The maximum Gasteiger partial charge on any atom is 0.287 e. The fraction of sp³-hybridized carbons (Fsp3) is 0.174. The third kappa shape index (κ3) is 4.49. The Morgan fingerprint density at radius 2 is 2.03 bits per heavy atom. The molecular weight excluding hydrogens is 429 g/mol. The number of hydrogen-bond acceptors (Lipinski definition) is 7. The Morgan fingerprint density at radius 3 is 2.79 bits per heavy atom. The number of H-pyrrole nitrogens is 1. The zero-order chi connectivity index (χ0) is 23.5. The molecule has 0 aliphatic carbocycles. The second-order valence-corrected chi connectivity index (χ2v) is 7.57. The maximum absolute atomic E-state index is 13.3. The van der Waals surface area contributed by atoms with E-state index in [0.717, 1.165) is 29.0 Å². The van der Waals surface area contributed by atoms with Crippen LogP contribution in [0, 0.1) is 5.82 Å². The topological polar surface area (TPSA) is 138 Å². The van der Waals surface area contributed by atoms with Gasteiger partial charge >= 0.3 is 0 Å². The minimum atomic E-state index is -0.677. The van der Waals surface area contributed by atoms with E-state index >= 15 is 0 Å². The van der Waals surface area contributed by atoms with E-state index in [0.29, 0.717) is 19.5 Å². The Labute approximate surface area is 187 Å². The summed E-state index contributed by atoms with van der Waals surface area (Å²) in [7, 11) is 0. The first-order valence-corrected chi connectivity index (χ1v) is 10.1. The number of hydrogen-bond donors (Lipinski definition) is 3. The zero-order valence-corrected chi connectivity index (χ0v) is 17.4. The fourth-order valence-corrected chi connectivity index (χ4v) is 3.81. The van der Waals surface area contributed by atoms with Gasteiger partial charge in [0.1, 0.15) is 11.5 Å². The molecule has 3 aromatic rings. The van der Waals surface area contributed by atoms with Crippen LogP contribution in [-0.2, 0) is 29.1 Å². The molecule has 2 heterocycles. The van der Waals surface area contributed by atoms with E-state index in [1.54, 1.807) is 4.90 Å². The van der Waals surface area contributed by atoms with Gasteiger partial charge in [0.25, 0.3) is 11.5 Å². The molecule has 4 rings (SSSR count). The number of Topliss-reactive ketones (excluding diaryl/α,β-unsaturated/α-hetero) is 1. The number of benzene rings is 2. The smallest absolute Gasteiger partial charge is 0.287 e. The highest BCUT2D eigenvalue weighted by Crippen LogP contribution is 2.23. The van der Waals surface area contributed by atoms with Crippen molar-refractivity contribution in [2.45, 2.75) is 19.5 Å². The predicted octanol–water partition coefficient (Wildman–Crippen LogP) is 0.918. The number of halogens is 1. The Hall–Kier alpha value is -4.34. The van der Waals surface area contributed by atoms with Crippen LogP contribution < -0.4 is 16.6 Å². The van der Waals surface area contributed by atoms with Gasteiger partial charge in [0, 0.05) is 25.8 Å². The molecule has 0 saturated heterocycles. The summed E-state index contributed by atoms with van der Waals surface area (Å²) in [6, 6.07) is 9.30. The second kappa shape index (κ2) is 9.03. The number of aromatic nitrogens is 2. The molecule has 9 nitrogen and oxygen atoms in total. The standard InChI is InChI=1S/C23H20FN5O4/c24-16-3-4-18-17(8-16)22(32)28-21(27-18)23(33)26-10-13-1-2-14-5-6-29(11-15(14)7-13)19(9-25)20(31)12-30/h1-4,7-9,12H,5-6,10-11,25H2,(H,26,33)(H,27,28,32)/b19-9-. The second-order valence-electron chi connectivity index (χ2n) is 7.57. The summed E-state index contributed by atoms with van der Waals surface area (Å²) in [5.41, 5.74) is 8.15. The Balaban J connectivity index is 1.48. The molecule has 0 saturated carbocycles. The highest BCUT2D eigenvalue weighted by Gasteiger charge is 2.22. The van der Waals surface area contributed by atoms with Crippen molar-refractivity contribution in [3.05, 3.63) is 87.0 Å². The largest absolute Gasteiger partial charge is 0.403 e. The van der Waals surface area contributed by atoms with Gasteiger partial charge in [-0.3, -0.25) is 19.2 Å². The number of nitrogens with zero attached hydrogens (tertiary/aromatic N) is 2. The summed E-state index contributed by atoms with van der Waals surface area (Å²) in [6.45, 7) is 1.12. The first-order valence-electron chi connectivity index (χ1n) is 10.1. The van der Waals surface area contributed by atoms with Crippen molar-refractivity contribution in [3.63, 3.8) is 0 Å². The molecular formula is C23H20FN5O4. The molecule has 1 aliphatic rings. The van der Waals surface area contributed by atoms with E-state index in [1.165, 1.54) is 12.1 Å². The molecule has 168 valence electrons. The quantitative estimate of drug-likeness (QED) is 0.289. The number of carbonyl (C=O) groups is 3. The number of nitrogens with two attached hydrogens (primary N) is 1. The van der Waals surface area contributed by atoms with Crippen LogP contribution in [0.15, 0.2) is 53.1 Å². The Bertz CT molecular complexity index is 1360. The van der Waals surface area contributed by atoms with E-state index < -0.39 is 23.1 Å². The number of aromatic amines is 1. The lowest BCUT2D eigenvalue weighted by Crippen LogP contribution is -2.34. The molecule has 0 bridgehead atoms. The number of rotatable bonds is 6. The minimum Gasteiger partial charge on any atom is -0.403 e. The number of ketones is 1. The molecule has 10 heteroatoms. The van der Waals surface area contributed by atoms with Gasteiger partial charge < -0.3 is 20.9 Å². The molecule has 4 N–H and O–H groups in total. The maximum atomic E-state index is 13.3. The molecule has 1 aliphatic heterocycles. The molecule has 0 atom stereocenters. The predicted molar refractivity (Wildman–Crippen MR) is 117 cm³/mol. The number of fused-ring (bicyclic) bond motifs is 2. The average molecular weight is 449 g/mol. The number of amides is 1. The zero-order valence-electron chi connectivity index (χ0n) is 17.4. The van der Waals surface area contributed by atoms with Crippen molar-refractivity contribution < 1.29 is 18.8 Å². The van der Waals surface area contributed by atoms with Gasteiger partial charge in [-0.2, -0.15) is 0 Å². The molecule has 2 aromatic carbocycles. The summed E-state index contributed by atoms with van der Waals surface area (Å²) < 4.78 is 13.3. The Morgan fingerprint density at radius 1 is 1.21 bits per heavy atom. The van der Waals surface area contributed by atoms with Crippen LogP contribution in [0.25, 0.3) is 10.9 Å². The van der Waals surface area contributed by atoms with Crippen molar-refractivity contribution in [2.75, 3.05) is 6.54 Å². The van der Waals surface area contributed by atoms with Crippen LogP contribution in [0.2, 0.25) is 0 Å². The van der Waals surface area contributed by atoms with Gasteiger partial charge in [-0.1, -0.05) is 18.2 Å². The van der Waals surface area contributed by atoms with Gasteiger partial charge in [0.2, 0.25) is 5.78 Å². The van der Waals surface area contributed by atoms with Crippen molar-refractivity contribution >= 4 is 28.9 Å². The van der Waals surface area contributed by atoms with Crippen molar-refractivity contribution in [1.29, 1.82) is 0 Å². The Kier molecular flexibility index (Phi) is 5.99. The third-order valence-corrected chi connectivity index (χ3v) is 5.48. The molecule has 33 heavy (non-hydrogen) atoms. The summed E-state index contributed by atoms with van der Waals surface area (Å²) in [5, 5.41) is 2.77. The van der Waals surface area contributed by atoms with Crippen LogP contribution in [0.5, 0.6) is 0 Å². The van der Waals surface area contributed by atoms with Crippen LogP contribution in [0.4, 0.5) is 4.39 Å². The minimum absolute atomic E-state index is 0.0600. The highest BCUT2D eigenvalue weighted by atomic mass is 19.1. The summed E-state index contributed by atoms with van der Waals surface area (Å²) in [4.78, 5) is 55.6. The van der Waals surface area contributed by atoms with E-state index in [2.05, 4.69) is 15.3 Å². The summed E-state index contributed by atoms with van der Waals surface area (Å²) >= 11 is 0. The lowest BCUT2D eigenvalue weighted by Gasteiger charge is -2.31. The average Bonchev–Trinajstić information content (AvgIpc) is 2.82. The molecule has 1 amide bonds. The van der Waals surface area contributed by atoms with Gasteiger partial charge in [0.15, 0.2) is 12.1 Å². The van der Waals surface area contributed by atoms with E-state index in [9.17, 15) is 23.6 Å². The summed E-state index contributed by atoms with van der Waals surface area (Å²) in [5.74, 6) is -2.00. The number of carbonyl (C=O) groups excluding carboxylic acids is 3. The lowest BCUT2D eigenvalue weighted by molar-refractivity contribution is -0.128. The summed E-state index contributed by atoms with van der Waals surface area (Å²) in [6.07, 6.45) is 2.05. The third-order valence-electron chi connectivity index (χ3n) is 5.48. The number of aldehydes is 1. The number of allylic oxidation sites excluding steroid dienone is 1. The normalized spacial score (nSPS) is 13.5. The SMILES string of the molecule is N/C=C(/C(=O)C=O)N1CCc2ccc(CNC(=O)c3nc4ccc(F)cc4c(=O)[nH]3)cc2C1. The molecule has 1 aromatic heterocycles. The van der Waals surface area contributed by atoms with Crippen LogP contribution in [0.3, 0.4) is 0 Å². The highest BCUT2D eigenvalue weighted by molar-refractivity contribution is 6.32. The molecule has 0 unspecified atom stereocenters. The lowest BCUT2D eigenvalue weighted by atomic mass is 9.96. The van der Waals surface area contributed by atoms with Crippen LogP contribution in [-0.4, -0.2) is 39.4 Å². The first kappa shape index (κ1) is 21.9. The van der Waals surface area contributed by atoms with Gasteiger partial charge in [-0.15, -0.1) is 0 Å². The van der Waals surface area contributed by atoms with Gasteiger partial charge in [-0.25, -0.2) is 9.37 Å². The van der Waals surface area contributed by atoms with E-state index in [4.69, 9.17) is 5.73 Å². The fourth-order valence-electron chi connectivity index (χ4n) is 3.81. The van der Waals surface area contributed by atoms with Crippen molar-refractivity contribution in [1.82, 2.24) is 20.2 Å².